The lowest BCUT2D eigenvalue weighted by molar-refractivity contribution is 0.112. The Labute approximate surface area is 107 Å². The van der Waals surface area contributed by atoms with E-state index in [1.807, 2.05) is 12.3 Å². The van der Waals surface area contributed by atoms with Crippen LogP contribution in [0.2, 0.25) is 0 Å². The van der Waals surface area contributed by atoms with Crippen LogP contribution >= 0.6 is 15.9 Å². The first-order valence-corrected chi connectivity index (χ1v) is 5.94. The van der Waals surface area contributed by atoms with Crippen molar-refractivity contribution in [3.8, 4) is 5.75 Å². The van der Waals surface area contributed by atoms with Gasteiger partial charge in [-0.25, -0.2) is 0 Å². The van der Waals surface area contributed by atoms with Gasteiger partial charge in [0, 0.05) is 18.0 Å². The molecule has 0 atom stereocenters. The third kappa shape index (κ3) is 3.17. The van der Waals surface area contributed by atoms with E-state index in [1.165, 1.54) is 0 Å². The van der Waals surface area contributed by atoms with E-state index in [-0.39, 0.29) is 0 Å². The molecule has 0 aliphatic carbocycles. The molecule has 1 heterocycles. The van der Waals surface area contributed by atoms with Gasteiger partial charge in [0.05, 0.1) is 11.0 Å². The van der Waals surface area contributed by atoms with Crippen molar-refractivity contribution in [2.24, 2.45) is 0 Å². The molecule has 1 aromatic heterocycles. The van der Waals surface area contributed by atoms with Crippen LogP contribution < -0.4 is 4.74 Å². The van der Waals surface area contributed by atoms with E-state index < -0.39 is 0 Å². The van der Waals surface area contributed by atoms with Crippen molar-refractivity contribution in [3.63, 3.8) is 0 Å². The van der Waals surface area contributed by atoms with Gasteiger partial charge in [-0.3, -0.25) is 9.48 Å². The van der Waals surface area contributed by atoms with Gasteiger partial charge in [-0.15, -0.1) is 0 Å². The van der Waals surface area contributed by atoms with Crippen LogP contribution in [0.4, 0.5) is 0 Å². The summed E-state index contributed by atoms with van der Waals surface area (Å²) in [5.41, 5.74) is 0.622. The molecule has 0 bridgehead atoms. The number of aldehydes is 1. The molecule has 0 N–H and O–H groups in total. The van der Waals surface area contributed by atoms with Crippen LogP contribution in [0.25, 0.3) is 0 Å². The normalized spacial score (nSPS) is 10.2. The third-order valence-corrected chi connectivity index (χ3v) is 2.85. The van der Waals surface area contributed by atoms with E-state index in [0.717, 1.165) is 16.5 Å². The molecule has 0 amide bonds. The molecule has 4 nitrogen and oxygen atoms in total. The number of carbonyl (C=O) groups excluding carboxylic acids is 1. The molecular formula is C12H11BrN2O2. The number of benzene rings is 1. The topological polar surface area (TPSA) is 44.1 Å². The van der Waals surface area contributed by atoms with Crippen LogP contribution in [-0.2, 0) is 6.54 Å². The molecule has 0 aliphatic heterocycles. The first kappa shape index (κ1) is 11.9. The number of nitrogens with zero attached hydrogens (tertiary/aromatic N) is 2. The summed E-state index contributed by atoms with van der Waals surface area (Å²) in [6, 6.07) is 7.10. The number of ether oxygens (including phenoxy) is 1. The van der Waals surface area contributed by atoms with Crippen LogP contribution in [0.1, 0.15) is 10.4 Å². The summed E-state index contributed by atoms with van der Waals surface area (Å²) in [7, 11) is 0. The Balaban J connectivity index is 1.92. The van der Waals surface area contributed by atoms with Crippen LogP contribution in [-0.4, -0.2) is 22.7 Å². The van der Waals surface area contributed by atoms with Gasteiger partial charge in [-0.1, -0.05) is 0 Å². The Bertz CT molecular complexity index is 497. The van der Waals surface area contributed by atoms with Crippen molar-refractivity contribution in [1.29, 1.82) is 0 Å². The average Bonchev–Trinajstić information content (AvgIpc) is 2.84. The van der Waals surface area contributed by atoms with Crippen molar-refractivity contribution in [1.82, 2.24) is 9.78 Å². The maximum absolute atomic E-state index is 10.6. The molecular weight excluding hydrogens is 284 g/mol. The minimum atomic E-state index is 0.528. The van der Waals surface area contributed by atoms with Gasteiger partial charge < -0.3 is 4.74 Å². The summed E-state index contributed by atoms with van der Waals surface area (Å²) in [5.74, 6) is 0.725. The maximum Gasteiger partial charge on any atom is 0.150 e. The molecule has 2 aromatic rings. The van der Waals surface area contributed by atoms with Crippen molar-refractivity contribution in [2.45, 2.75) is 6.54 Å². The Hall–Kier alpha value is -1.62. The van der Waals surface area contributed by atoms with E-state index in [2.05, 4.69) is 21.0 Å². The zero-order chi connectivity index (χ0) is 12.1. The highest BCUT2D eigenvalue weighted by molar-refractivity contribution is 9.10. The smallest absolute Gasteiger partial charge is 0.150 e. The van der Waals surface area contributed by atoms with Crippen molar-refractivity contribution in [2.75, 3.05) is 6.61 Å². The minimum Gasteiger partial charge on any atom is -0.490 e. The molecule has 0 saturated heterocycles. The quantitative estimate of drug-likeness (QED) is 0.796. The van der Waals surface area contributed by atoms with E-state index in [4.69, 9.17) is 4.74 Å². The summed E-state index contributed by atoms with van der Waals surface area (Å²) in [6.45, 7) is 1.22. The number of hydrogen-bond donors (Lipinski definition) is 0. The van der Waals surface area contributed by atoms with E-state index in [9.17, 15) is 4.79 Å². The molecule has 1 aromatic carbocycles. The standard InChI is InChI=1S/C12H11BrN2O2/c13-11-8-10(9-16)2-3-12(11)17-7-6-15-5-1-4-14-15/h1-5,8-9H,6-7H2. The van der Waals surface area contributed by atoms with Gasteiger partial charge in [0.2, 0.25) is 0 Å². The highest BCUT2D eigenvalue weighted by atomic mass is 79.9. The molecule has 0 aliphatic rings. The average molecular weight is 295 g/mol. The molecule has 0 fully saturated rings. The fourth-order valence-electron chi connectivity index (χ4n) is 1.39. The highest BCUT2D eigenvalue weighted by Gasteiger charge is 2.02. The Morgan fingerprint density at radius 3 is 3.00 bits per heavy atom. The lowest BCUT2D eigenvalue weighted by Crippen LogP contribution is -2.08. The SMILES string of the molecule is O=Cc1ccc(OCCn2cccn2)c(Br)c1. The number of carbonyl (C=O) groups is 1. The maximum atomic E-state index is 10.6. The lowest BCUT2D eigenvalue weighted by Gasteiger charge is -2.08. The summed E-state index contributed by atoms with van der Waals surface area (Å²) in [6.07, 6.45) is 4.42. The molecule has 0 radical (unpaired) electrons. The molecule has 2 rings (SSSR count). The van der Waals surface area contributed by atoms with E-state index in [1.54, 1.807) is 29.1 Å². The predicted octanol–water partition coefficient (Wildman–Crippen LogP) is 2.54. The Kier molecular flexibility index (Phi) is 3.93. The molecule has 0 saturated carbocycles. The first-order chi connectivity index (χ1) is 8.29. The van der Waals surface area contributed by atoms with Crippen LogP contribution in [0.15, 0.2) is 41.1 Å². The summed E-state index contributed by atoms with van der Waals surface area (Å²) in [5, 5.41) is 4.08. The molecule has 0 unspecified atom stereocenters. The summed E-state index contributed by atoms with van der Waals surface area (Å²) >= 11 is 3.36. The molecule has 0 spiro atoms. The van der Waals surface area contributed by atoms with Crippen molar-refractivity contribution >= 4 is 22.2 Å². The van der Waals surface area contributed by atoms with Gasteiger partial charge in [0.1, 0.15) is 18.6 Å². The summed E-state index contributed by atoms with van der Waals surface area (Å²) < 4.78 is 8.17. The molecule has 17 heavy (non-hydrogen) atoms. The second kappa shape index (κ2) is 5.63. The number of rotatable bonds is 5. The van der Waals surface area contributed by atoms with Gasteiger partial charge >= 0.3 is 0 Å². The number of aromatic nitrogens is 2. The fourth-order valence-corrected chi connectivity index (χ4v) is 1.90. The van der Waals surface area contributed by atoms with Gasteiger partial charge in [0.25, 0.3) is 0 Å². The monoisotopic (exact) mass is 294 g/mol. The predicted molar refractivity (Wildman–Crippen MR) is 67.3 cm³/mol. The largest absolute Gasteiger partial charge is 0.490 e. The van der Waals surface area contributed by atoms with E-state index in [0.29, 0.717) is 18.7 Å². The second-order valence-electron chi connectivity index (χ2n) is 3.43. The van der Waals surface area contributed by atoms with Gasteiger partial charge in [-0.05, 0) is 40.2 Å². The van der Waals surface area contributed by atoms with Crippen LogP contribution in [0.3, 0.4) is 0 Å². The number of halogens is 1. The second-order valence-corrected chi connectivity index (χ2v) is 4.28. The molecule has 5 heteroatoms. The Morgan fingerprint density at radius 1 is 1.47 bits per heavy atom. The Morgan fingerprint density at radius 2 is 2.35 bits per heavy atom. The molecule has 88 valence electrons. The minimum absolute atomic E-state index is 0.528. The lowest BCUT2D eigenvalue weighted by atomic mass is 10.2. The van der Waals surface area contributed by atoms with Crippen LogP contribution in [0.5, 0.6) is 5.75 Å². The zero-order valence-corrected chi connectivity index (χ0v) is 10.6. The highest BCUT2D eigenvalue weighted by Crippen LogP contribution is 2.25. The first-order valence-electron chi connectivity index (χ1n) is 5.14. The van der Waals surface area contributed by atoms with Crippen molar-refractivity contribution in [3.05, 3.63) is 46.7 Å². The van der Waals surface area contributed by atoms with E-state index >= 15 is 0 Å². The third-order valence-electron chi connectivity index (χ3n) is 2.23. The van der Waals surface area contributed by atoms with Gasteiger partial charge in [0.15, 0.2) is 0 Å². The summed E-state index contributed by atoms with van der Waals surface area (Å²) in [4.78, 5) is 10.6. The number of hydrogen-bond acceptors (Lipinski definition) is 3. The van der Waals surface area contributed by atoms with Crippen LogP contribution in [0, 0.1) is 0 Å². The fraction of sp³-hybridized carbons (Fsp3) is 0.167. The van der Waals surface area contributed by atoms with Gasteiger partial charge in [-0.2, -0.15) is 5.10 Å². The van der Waals surface area contributed by atoms with Crippen molar-refractivity contribution < 1.29 is 9.53 Å². The zero-order valence-electron chi connectivity index (χ0n) is 9.04.